The van der Waals surface area contributed by atoms with Crippen molar-refractivity contribution in [3.05, 3.63) is 239 Å². The van der Waals surface area contributed by atoms with E-state index in [-0.39, 0.29) is 0 Å². The van der Waals surface area contributed by atoms with Gasteiger partial charge in [0.15, 0.2) is 0 Å². The van der Waals surface area contributed by atoms with Gasteiger partial charge in [0.1, 0.15) is 0 Å². The topological polar surface area (TPSA) is 6.48 Å². The molecule has 0 bridgehead atoms. The van der Waals surface area contributed by atoms with E-state index in [4.69, 9.17) is 0 Å². The largest absolute Gasteiger partial charge is 0.311 e. The summed E-state index contributed by atoms with van der Waals surface area (Å²) in [4.78, 5) is 4.56. The van der Waals surface area contributed by atoms with Gasteiger partial charge in [0.25, 0.3) is 0 Å². The smallest absolute Gasteiger partial charge is 0.0462 e. The maximum atomic E-state index is 3.36. The van der Waals surface area contributed by atoms with Gasteiger partial charge in [0.2, 0.25) is 0 Å². The van der Waals surface area contributed by atoms with E-state index in [9.17, 15) is 0 Å². The molecule has 0 saturated heterocycles. The lowest BCUT2D eigenvalue weighted by Crippen LogP contribution is -2.09. The van der Waals surface area contributed by atoms with Crippen LogP contribution < -0.4 is 9.80 Å². The Bertz CT molecular complexity index is 2450. The van der Waals surface area contributed by atoms with Gasteiger partial charge in [-0.25, -0.2) is 0 Å². The average Bonchev–Trinajstić information content (AvgIpc) is 3.26. The van der Waals surface area contributed by atoms with E-state index < -0.39 is 0 Å². The summed E-state index contributed by atoms with van der Waals surface area (Å²) >= 11 is 0. The second-order valence-electron chi connectivity index (χ2n) is 14.8. The minimum atomic E-state index is 0.972. The Kier molecular flexibility index (Phi) is 11.0. The summed E-state index contributed by atoms with van der Waals surface area (Å²) in [5, 5.41) is 0. The highest BCUT2D eigenvalue weighted by Crippen LogP contribution is 2.36. The highest BCUT2D eigenvalue weighted by Gasteiger charge is 2.13. The van der Waals surface area contributed by atoms with E-state index in [1.807, 2.05) is 0 Å². The Morgan fingerprint density at radius 3 is 0.603 bits per heavy atom. The van der Waals surface area contributed by atoms with Crippen LogP contribution in [-0.2, 0) is 0 Å². The van der Waals surface area contributed by atoms with Crippen molar-refractivity contribution in [2.24, 2.45) is 0 Å². The van der Waals surface area contributed by atoms with Gasteiger partial charge in [-0.1, -0.05) is 119 Å². The predicted octanol–water partition coefficient (Wildman–Crippen LogP) is 14.3. The summed E-state index contributed by atoms with van der Waals surface area (Å²) < 4.78 is 0. The molecule has 2 nitrogen and oxygen atoms in total. The van der Waals surface area contributed by atoms with E-state index >= 15 is 0 Å². The SMILES string of the molecule is Cc1ccc(N(c2ccc(C)cc2)c2ccc(C#Cc3ccc(-c4ccc(C#Cc5ccc(N(c6ccc(C)cc6)c6ccc(C)cc6)cc5)cc4)cc3)cc2)cc1. The van der Waals surface area contributed by atoms with Gasteiger partial charge >= 0.3 is 0 Å². The lowest BCUT2D eigenvalue weighted by atomic mass is 10.0. The standard InChI is InChI=1S/C56H44N2/c1-41-5-29-51(30-6-41)57(52-31-7-42(2)8-32-52)55-37-21-47(22-38-55)15-13-45-17-25-49(26-18-45)50-27-19-46(20-28-50)14-16-48-23-39-56(40-24-48)58(53-33-9-43(3)10-34-53)54-35-11-44(4)12-36-54/h5-12,17-40H,1-4H3. The van der Waals surface area contributed by atoms with Crippen molar-refractivity contribution in [2.45, 2.75) is 27.7 Å². The van der Waals surface area contributed by atoms with Crippen molar-refractivity contribution in [3.8, 4) is 34.8 Å². The number of aryl methyl sites for hydroxylation is 4. The molecule has 0 saturated carbocycles. The molecule has 0 aromatic heterocycles. The fourth-order valence-electron chi connectivity index (χ4n) is 6.84. The molecule has 8 aromatic carbocycles. The molecular weight excluding hydrogens is 701 g/mol. The van der Waals surface area contributed by atoms with Crippen LogP contribution >= 0.6 is 0 Å². The van der Waals surface area contributed by atoms with Crippen molar-refractivity contribution >= 4 is 34.1 Å². The number of hydrogen-bond donors (Lipinski definition) is 0. The first-order valence-electron chi connectivity index (χ1n) is 19.7. The Hall–Kier alpha value is -7.52. The average molecular weight is 745 g/mol. The van der Waals surface area contributed by atoms with Gasteiger partial charge in [0, 0.05) is 56.4 Å². The fraction of sp³-hybridized carbons (Fsp3) is 0.0714. The molecule has 0 aliphatic rings. The molecule has 8 rings (SSSR count). The van der Waals surface area contributed by atoms with Crippen LogP contribution in [0.25, 0.3) is 11.1 Å². The third kappa shape index (κ3) is 8.95. The summed E-state index contributed by atoms with van der Waals surface area (Å²) in [5.41, 5.74) is 17.8. The zero-order valence-electron chi connectivity index (χ0n) is 33.4. The Morgan fingerprint density at radius 1 is 0.224 bits per heavy atom. The molecule has 0 atom stereocenters. The third-order valence-corrected chi connectivity index (χ3v) is 10.2. The van der Waals surface area contributed by atoms with Crippen LogP contribution in [0.15, 0.2) is 194 Å². The molecule has 0 amide bonds. The van der Waals surface area contributed by atoms with E-state index in [0.717, 1.165) is 67.5 Å². The van der Waals surface area contributed by atoms with Crippen LogP contribution in [0.5, 0.6) is 0 Å². The van der Waals surface area contributed by atoms with Gasteiger partial charge in [0.05, 0.1) is 0 Å². The van der Waals surface area contributed by atoms with Crippen molar-refractivity contribution in [1.82, 2.24) is 0 Å². The van der Waals surface area contributed by atoms with Crippen molar-refractivity contribution < 1.29 is 0 Å². The molecule has 0 radical (unpaired) electrons. The van der Waals surface area contributed by atoms with E-state index in [1.54, 1.807) is 0 Å². The molecule has 0 N–H and O–H groups in total. The normalized spacial score (nSPS) is 10.5. The maximum absolute atomic E-state index is 3.36. The quantitative estimate of drug-likeness (QED) is 0.150. The number of rotatable bonds is 7. The summed E-state index contributed by atoms with van der Waals surface area (Å²) in [5.74, 6) is 13.4. The van der Waals surface area contributed by atoms with Crippen LogP contribution in [0.1, 0.15) is 44.5 Å². The monoisotopic (exact) mass is 744 g/mol. The first-order valence-corrected chi connectivity index (χ1v) is 19.7. The summed E-state index contributed by atoms with van der Waals surface area (Å²) in [6.45, 7) is 8.46. The Morgan fingerprint density at radius 2 is 0.397 bits per heavy atom. The Labute approximate surface area is 343 Å². The van der Waals surface area contributed by atoms with Gasteiger partial charge in [-0.2, -0.15) is 0 Å². The van der Waals surface area contributed by atoms with Crippen LogP contribution in [-0.4, -0.2) is 0 Å². The second-order valence-corrected chi connectivity index (χ2v) is 14.8. The van der Waals surface area contributed by atoms with E-state index in [0.29, 0.717) is 0 Å². The van der Waals surface area contributed by atoms with Crippen LogP contribution in [0.2, 0.25) is 0 Å². The van der Waals surface area contributed by atoms with Gasteiger partial charge in [-0.3, -0.25) is 0 Å². The zero-order chi connectivity index (χ0) is 39.8. The van der Waals surface area contributed by atoms with Crippen molar-refractivity contribution in [1.29, 1.82) is 0 Å². The molecule has 278 valence electrons. The van der Waals surface area contributed by atoms with Crippen molar-refractivity contribution in [3.63, 3.8) is 0 Å². The molecule has 58 heavy (non-hydrogen) atoms. The highest BCUT2D eigenvalue weighted by molar-refractivity contribution is 5.78. The first kappa shape index (κ1) is 37.4. The van der Waals surface area contributed by atoms with Crippen molar-refractivity contribution in [2.75, 3.05) is 9.80 Å². The minimum Gasteiger partial charge on any atom is -0.311 e. The lowest BCUT2D eigenvalue weighted by Gasteiger charge is -2.25. The molecule has 0 fully saturated rings. The van der Waals surface area contributed by atoms with Crippen LogP contribution in [0, 0.1) is 51.4 Å². The molecular formula is C56H44N2. The number of benzene rings is 8. The summed E-state index contributed by atoms with van der Waals surface area (Å²) in [6.07, 6.45) is 0. The fourth-order valence-corrected chi connectivity index (χ4v) is 6.84. The van der Waals surface area contributed by atoms with Gasteiger partial charge < -0.3 is 9.80 Å². The number of nitrogens with zero attached hydrogens (tertiary/aromatic N) is 2. The van der Waals surface area contributed by atoms with E-state index in [2.05, 4.69) is 255 Å². The van der Waals surface area contributed by atoms with E-state index in [1.165, 1.54) is 22.3 Å². The zero-order valence-corrected chi connectivity index (χ0v) is 33.4. The third-order valence-electron chi connectivity index (χ3n) is 10.2. The minimum absolute atomic E-state index is 0.972. The van der Waals surface area contributed by atoms with Crippen LogP contribution in [0.4, 0.5) is 34.1 Å². The summed E-state index contributed by atoms with van der Waals surface area (Å²) in [6, 6.07) is 68.4. The molecule has 8 aromatic rings. The molecule has 0 unspecified atom stereocenters. The number of anilines is 6. The molecule has 0 spiro atoms. The second kappa shape index (κ2) is 17.1. The molecule has 2 heteroatoms. The van der Waals surface area contributed by atoms with Crippen LogP contribution in [0.3, 0.4) is 0 Å². The molecule has 0 aliphatic carbocycles. The Balaban J connectivity index is 0.925. The summed E-state index contributed by atoms with van der Waals surface area (Å²) in [7, 11) is 0. The first-order chi connectivity index (χ1) is 28.3. The number of hydrogen-bond acceptors (Lipinski definition) is 2. The predicted molar refractivity (Wildman–Crippen MR) is 245 cm³/mol. The maximum Gasteiger partial charge on any atom is 0.0462 e. The molecule has 0 aliphatic heterocycles. The molecule has 0 heterocycles. The van der Waals surface area contributed by atoms with Gasteiger partial charge in [-0.05, 0) is 160 Å². The van der Waals surface area contributed by atoms with Gasteiger partial charge in [-0.15, -0.1) is 0 Å². The lowest BCUT2D eigenvalue weighted by molar-refractivity contribution is 1.27. The highest BCUT2D eigenvalue weighted by atomic mass is 15.1.